The van der Waals surface area contributed by atoms with E-state index >= 15 is 0 Å². The van der Waals surface area contributed by atoms with Crippen LogP contribution in [0.5, 0.6) is 5.75 Å². The summed E-state index contributed by atoms with van der Waals surface area (Å²) in [7, 11) is 0. The van der Waals surface area contributed by atoms with Crippen LogP contribution in [0.2, 0.25) is 0 Å². The Morgan fingerprint density at radius 2 is 1.65 bits per heavy atom. The van der Waals surface area contributed by atoms with Crippen LogP contribution in [0, 0.1) is 20.8 Å². The molecule has 0 aromatic heterocycles. The minimum absolute atomic E-state index is 0.139. The number of rotatable bonds is 4. The van der Waals surface area contributed by atoms with Crippen LogP contribution in [-0.4, -0.2) is 18.2 Å². The summed E-state index contributed by atoms with van der Waals surface area (Å²) in [5.74, 6) is 0.389. The fourth-order valence-corrected chi connectivity index (χ4v) is 1.96. The van der Waals surface area contributed by atoms with Crippen LogP contribution < -0.4 is 4.74 Å². The fraction of sp³-hybridized carbons (Fsp3) is 0.471. The number of esters is 1. The number of carbonyl (C=O) groups excluding carboxylic acids is 1. The van der Waals surface area contributed by atoms with Gasteiger partial charge < -0.3 is 9.47 Å². The Morgan fingerprint density at radius 3 is 2.10 bits per heavy atom. The Bertz CT molecular complexity index is 499. The van der Waals surface area contributed by atoms with Crippen molar-refractivity contribution in [2.24, 2.45) is 0 Å². The van der Waals surface area contributed by atoms with Gasteiger partial charge in [-0.15, -0.1) is 0 Å². The van der Waals surface area contributed by atoms with Crippen molar-refractivity contribution in [2.45, 2.75) is 47.1 Å². The Kier molecular flexibility index (Phi) is 4.98. The molecule has 0 radical (unpaired) electrons. The van der Waals surface area contributed by atoms with Crippen LogP contribution in [0.1, 0.15) is 37.5 Å². The molecule has 1 aromatic carbocycles. The quantitative estimate of drug-likeness (QED) is 0.618. The maximum atomic E-state index is 11.8. The molecule has 20 heavy (non-hydrogen) atoms. The second-order valence-corrected chi connectivity index (χ2v) is 6.12. The third-order valence-electron chi connectivity index (χ3n) is 2.68. The second-order valence-electron chi connectivity index (χ2n) is 6.12. The van der Waals surface area contributed by atoms with Gasteiger partial charge >= 0.3 is 5.97 Å². The summed E-state index contributed by atoms with van der Waals surface area (Å²) in [6, 6.07) is 4.11. The summed E-state index contributed by atoms with van der Waals surface area (Å²) in [4.78, 5) is 11.8. The molecule has 0 fully saturated rings. The molecule has 0 N–H and O–H groups in total. The molecule has 110 valence electrons. The van der Waals surface area contributed by atoms with Gasteiger partial charge in [0.25, 0.3) is 0 Å². The summed E-state index contributed by atoms with van der Waals surface area (Å²) < 4.78 is 11.0. The topological polar surface area (TPSA) is 35.5 Å². The smallest absolute Gasteiger partial charge is 0.337 e. The largest absolute Gasteiger partial charge is 0.488 e. The molecule has 0 saturated carbocycles. The van der Waals surface area contributed by atoms with Crippen LogP contribution in [0.4, 0.5) is 0 Å². The maximum Gasteiger partial charge on any atom is 0.337 e. The molecule has 0 aliphatic carbocycles. The normalized spacial score (nSPS) is 11.1. The van der Waals surface area contributed by atoms with Gasteiger partial charge in [0, 0.05) is 0 Å². The van der Waals surface area contributed by atoms with Gasteiger partial charge in [0.05, 0.1) is 5.57 Å². The first-order valence-corrected chi connectivity index (χ1v) is 6.72. The molecular weight excluding hydrogens is 252 g/mol. The monoisotopic (exact) mass is 276 g/mol. The Morgan fingerprint density at radius 1 is 1.15 bits per heavy atom. The highest BCUT2D eigenvalue weighted by Gasteiger charge is 2.19. The lowest BCUT2D eigenvalue weighted by Crippen LogP contribution is -2.26. The maximum absolute atomic E-state index is 11.8. The summed E-state index contributed by atoms with van der Waals surface area (Å²) in [5, 5.41) is 0. The molecule has 0 heterocycles. The molecule has 0 aliphatic rings. The average Bonchev–Trinajstić information content (AvgIpc) is 2.24. The van der Waals surface area contributed by atoms with E-state index in [2.05, 4.69) is 18.7 Å². The minimum Gasteiger partial charge on any atom is -0.488 e. The highest BCUT2D eigenvalue weighted by molar-refractivity contribution is 5.88. The van der Waals surface area contributed by atoms with Crippen LogP contribution >= 0.6 is 0 Å². The van der Waals surface area contributed by atoms with Crippen LogP contribution in [0.25, 0.3) is 0 Å². The number of ether oxygens (including phenoxy) is 2. The number of hydrogen-bond acceptors (Lipinski definition) is 3. The van der Waals surface area contributed by atoms with E-state index in [1.807, 2.05) is 41.5 Å². The van der Waals surface area contributed by atoms with Gasteiger partial charge in [-0.05, 0) is 52.7 Å². The van der Waals surface area contributed by atoms with E-state index in [-0.39, 0.29) is 6.61 Å². The van der Waals surface area contributed by atoms with Crippen LogP contribution in [0.15, 0.2) is 24.3 Å². The van der Waals surface area contributed by atoms with E-state index in [4.69, 9.17) is 9.47 Å². The van der Waals surface area contributed by atoms with E-state index < -0.39 is 11.6 Å². The van der Waals surface area contributed by atoms with Crippen molar-refractivity contribution < 1.29 is 14.3 Å². The molecule has 1 aromatic rings. The molecule has 0 atom stereocenters. The predicted octanol–water partition coefficient (Wildman–Crippen LogP) is 3.89. The summed E-state index contributed by atoms with van der Waals surface area (Å²) in [6.07, 6.45) is 0. The Hall–Kier alpha value is -1.77. The lowest BCUT2D eigenvalue weighted by Gasteiger charge is -2.20. The average molecular weight is 276 g/mol. The lowest BCUT2D eigenvalue weighted by molar-refractivity contribution is -0.150. The van der Waals surface area contributed by atoms with Crippen molar-refractivity contribution in [1.82, 2.24) is 0 Å². The zero-order chi connectivity index (χ0) is 15.5. The summed E-state index contributed by atoms with van der Waals surface area (Å²) in [5.41, 5.74) is 3.10. The predicted molar refractivity (Wildman–Crippen MR) is 81.1 cm³/mol. The Balaban J connectivity index is 2.69. The molecule has 3 nitrogen and oxygen atoms in total. The Labute approximate surface area is 121 Å². The number of carbonyl (C=O) groups is 1. The third kappa shape index (κ3) is 4.72. The van der Waals surface area contributed by atoms with Crippen LogP contribution in [0.3, 0.4) is 0 Å². The van der Waals surface area contributed by atoms with Gasteiger partial charge in [0.2, 0.25) is 0 Å². The van der Waals surface area contributed by atoms with Gasteiger partial charge in [-0.1, -0.05) is 24.3 Å². The molecule has 0 saturated heterocycles. The molecule has 0 unspecified atom stereocenters. The summed E-state index contributed by atoms with van der Waals surface area (Å²) in [6.45, 7) is 15.4. The van der Waals surface area contributed by atoms with Gasteiger partial charge in [-0.25, -0.2) is 4.79 Å². The van der Waals surface area contributed by atoms with E-state index in [0.29, 0.717) is 5.57 Å². The van der Waals surface area contributed by atoms with Gasteiger partial charge in [0.1, 0.15) is 18.0 Å². The van der Waals surface area contributed by atoms with E-state index in [9.17, 15) is 4.79 Å². The molecular formula is C17H24O3. The zero-order valence-electron chi connectivity index (χ0n) is 13.3. The minimum atomic E-state index is -0.518. The van der Waals surface area contributed by atoms with E-state index in [1.54, 1.807) is 0 Å². The molecule has 3 heteroatoms. The summed E-state index contributed by atoms with van der Waals surface area (Å²) >= 11 is 0. The number of benzene rings is 1. The highest BCUT2D eigenvalue weighted by atomic mass is 16.6. The molecule has 0 aliphatic heterocycles. The van der Waals surface area contributed by atoms with Gasteiger partial charge in [-0.2, -0.15) is 0 Å². The first-order valence-electron chi connectivity index (χ1n) is 6.72. The molecule has 0 bridgehead atoms. The third-order valence-corrected chi connectivity index (χ3v) is 2.68. The SMILES string of the molecule is C=C(COc1c(C)cc(C)cc1C)C(=O)OC(C)(C)C. The van der Waals surface area contributed by atoms with Crippen molar-refractivity contribution in [1.29, 1.82) is 0 Å². The van der Waals surface area contributed by atoms with Crippen LogP contribution in [-0.2, 0) is 9.53 Å². The van der Waals surface area contributed by atoms with Crippen molar-refractivity contribution in [3.05, 3.63) is 41.0 Å². The second kappa shape index (κ2) is 6.12. The standard InChI is InChI=1S/C17H24O3/c1-11-8-12(2)15(13(3)9-11)19-10-14(4)16(18)20-17(5,6)7/h8-9H,4,10H2,1-3,5-7H3. The molecule has 0 amide bonds. The van der Waals surface area contributed by atoms with Crippen molar-refractivity contribution in [2.75, 3.05) is 6.61 Å². The first-order chi connectivity index (χ1) is 9.10. The van der Waals surface area contributed by atoms with E-state index in [0.717, 1.165) is 16.9 Å². The fourth-order valence-electron chi connectivity index (χ4n) is 1.96. The molecule has 0 spiro atoms. The highest BCUT2D eigenvalue weighted by Crippen LogP contribution is 2.25. The van der Waals surface area contributed by atoms with Gasteiger partial charge in [-0.3, -0.25) is 0 Å². The van der Waals surface area contributed by atoms with Crippen molar-refractivity contribution in [3.8, 4) is 5.75 Å². The van der Waals surface area contributed by atoms with Gasteiger partial charge in [0.15, 0.2) is 0 Å². The number of hydrogen-bond donors (Lipinski definition) is 0. The number of aryl methyl sites for hydroxylation is 3. The van der Waals surface area contributed by atoms with Crippen molar-refractivity contribution >= 4 is 5.97 Å². The van der Waals surface area contributed by atoms with Crippen molar-refractivity contribution in [3.63, 3.8) is 0 Å². The van der Waals surface area contributed by atoms with E-state index in [1.165, 1.54) is 5.56 Å². The zero-order valence-corrected chi connectivity index (χ0v) is 13.3. The first kappa shape index (κ1) is 16.3. The lowest BCUT2D eigenvalue weighted by atomic mass is 10.1. The molecule has 1 rings (SSSR count).